The average molecular weight is 379 g/mol. The second-order valence-electron chi connectivity index (χ2n) is 8.41. The monoisotopic (exact) mass is 379 g/mol. The Morgan fingerprint density at radius 3 is 2.44 bits per heavy atom. The summed E-state index contributed by atoms with van der Waals surface area (Å²) < 4.78 is 24.4. The minimum absolute atomic E-state index is 0.0541. The molecule has 1 aromatic rings. The number of amides is 1. The van der Waals surface area contributed by atoms with Gasteiger partial charge in [-0.3, -0.25) is 4.79 Å². The van der Waals surface area contributed by atoms with Crippen LogP contribution in [0.4, 0.5) is 4.39 Å². The lowest BCUT2D eigenvalue weighted by atomic mass is 9.76. The molecule has 0 aromatic heterocycles. The number of hydrogen-bond donors (Lipinski definition) is 2. The van der Waals surface area contributed by atoms with Gasteiger partial charge in [0.25, 0.3) is 0 Å². The molecular formula is C21H30FNO4. The molecule has 2 saturated carbocycles. The zero-order valence-corrected chi connectivity index (χ0v) is 16.3. The third kappa shape index (κ3) is 4.92. The summed E-state index contributed by atoms with van der Waals surface area (Å²) in [6.07, 6.45) is 4.85. The van der Waals surface area contributed by atoms with E-state index in [1.54, 1.807) is 0 Å². The molecule has 0 radical (unpaired) electrons. The van der Waals surface area contributed by atoms with E-state index < -0.39 is 5.60 Å². The number of carbonyl (C=O) groups excluding carboxylic acids is 1. The molecule has 0 unspecified atom stereocenters. The van der Waals surface area contributed by atoms with Crippen molar-refractivity contribution in [3.05, 3.63) is 24.0 Å². The van der Waals surface area contributed by atoms with E-state index >= 15 is 0 Å². The number of methoxy groups -OCH3 is 1. The summed E-state index contributed by atoms with van der Waals surface area (Å²) in [5, 5.41) is 13.3. The fourth-order valence-electron chi connectivity index (χ4n) is 4.06. The number of aliphatic hydroxyl groups is 1. The topological polar surface area (TPSA) is 67.8 Å². The molecule has 0 bridgehead atoms. The number of ether oxygens (including phenoxy) is 2. The minimum Gasteiger partial charge on any atom is -0.493 e. The van der Waals surface area contributed by atoms with E-state index in [9.17, 15) is 14.3 Å². The van der Waals surface area contributed by atoms with Gasteiger partial charge in [0.2, 0.25) is 5.91 Å². The molecule has 27 heavy (non-hydrogen) atoms. The van der Waals surface area contributed by atoms with Gasteiger partial charge in [0.1, 0.15) is 11.9 Å². The number of halogens is 1. The first-order chi connectivity index (χ1) is 12.8. The molecule has 1 amide bonds. The molecular weight excluding hydrogens is 349 g/mol. The van der Waals surface area contributed by atoms with Gasteiger partial charge in [-0.2, -0.15) is 0 Å². The number of nitrogens with one attached hydrogen (secondary N) is 1. The molecule has 2 N–H and O–H groups in total. The summed E-state index contributed by atoms with van der Waals surface area (Å²) in [5.41, 5.74) is -0.647. The van der Waals surface area contributed by atoms with Crippen LogP contribution in [0.2, 0.25) is 0 Å². The Morgan fingerprint density at radius 1 is 1.19 bits per heavy atom. The van der Waals surface area contributed by atoms with E-state index in [0.717, 1.165) is 25.7 Å². The molecule has 2 fully saturated rings. The molecule has 150 valence electrons. The maximum Gasteiger partial charge on any atom is 0.223 e. The standard InChI is InChI=1S/C21H30FNO4/c1-21(2,25)14-4-7-16(8-5-14)23-20(24)13-10-17(11-13)27-19-12-15(22)6-9-18(19)26-3/h6,9,12-14,16-17,25H,4-5,7-8,10-11H2,1-3H3,(H,23,24)/t13-,14?,16?,17-. The van der Waals surface area contributed by atoms with Crippen LogP contribution < -0.4 is 14.8 Å². The van der Waals surface area contributed by atoms with Crippen molar-refractivity contribution in [2.24, 2.45) is 11.8 Å². The van der Waals surface area contributed by atoms with E-state index in [1.807, 2.05) is 13.8 Å². The summed E-state index contributed by atoms with van der Waals surface area (Å²) >= 11 is 0. The van der Waals surface area contributed by atoms with Crippen molar-refractivity contribution in [3.63, 3.8) is 0 Å². The summed E-state index contributed by atoms with van der Waals surface area (Å²) in [6.45, 7) is 3.72. The van der Waals surface area contributed by atoms with Crippen molar-refractivity contribution in [1.82, 2.24) is 5.32 Å². The fraction of sp³-hybridized carbons (Fsp3) is 0.667. The highest BCUT2D eigenvalue weighted by molar-refractivity contribution is 5.80. The van der Waals surface area contributed by atoms with Crippen LogP contribution in [0.3, 0.4) is 0 Å². The Kier molecular flexibility index (Phi) is 5.94. The highest BCUT2D eigenvalue weighted by Gasteiger charge is 2.38. The minimum atomic E-state index is -0.647. The zero-order valence-electron chi connectivity index (χ0n) is 16.3. The van der Waals surface area contributed by atoms with Crippen LogP contribution in [0.5, 0.6) is 11.5 Å². The van der Waals surface area contributed by atoms with Crippen molar-refractivity contribution >= 4 is 5.91 Å². The Morgan fingerprint density at radius 2 is 1.85 bits per heavy atom. The molecule has 0 heterocycles. The predicted molar refractivity (Wildman–Crippen MR) is 100 cm³/mol. The molecule has 1 aromatic carbocycles. The number of rotatable bonds is 6. The lowest BCUT2D eigenvalue weighted by molar-refractivity contribution is -0.131. The molecule has 2 aliphatic rings. The number of benzene rings is 1. The van der Waals surface area contributed by atoms with Gasteiger partial charge in [0.15, 0.2) is 11.5 Å². The molecule has 5 nitrogen and oxygen atoms in total. The van der Waals surface area contributed by atoms with Crippen molar-refractivity contribution in [2.75, 3.05) is 7.11 Å². The lowest BCUT2D eigenvalue weighted by Crippen LogP contribution is -2.48. The molecule has 0 spiro atoms. The first-order valence-electron chi connectivity index (χ1n) is 9.79. The second kappa shape index (κ2) is 8.05. The van der Waals surface area contributed by atoms with Crippen LogP contribution in [-0.2, 0) is 4.79 Å². The Labute approximate surface area is 160 Å². The van der Waals surface area contributed by atoms with Gasteiger partial charge in [-0.1, -0.05) is 0 Å². The first kappa shape index (κ1) is 19.9. The maximum atomic E-state index is 13.4. The average Bonchev–Trinajstić information content (AvgIpc) is 2.57. The molecule has 0 aliphatic heterocycles. The van der Waals surface area contributed by atoms with Crippen LogP contribution in [0.1, 0.15) is 52.4 Å². The number of carbonyl (C=O) groups is 1. The summed E-state index contributed by atoms with van der Waals surface area (Å²) in [6, 6.07) is 4.37. The van der Waals surface area contributed by atoms with Crippen LogP contribution in [0.15, 0.2) is 18.2 Å². The van der Waals surface area contributed by atoms with Gasteiger partial charge in [-0.25, -0.2) is 4.39 Å². The van der Waals surface area contributed by atoms with Crippen molar-refractivity contribution in [3.8, 4) is 11.5 Å². The lowest BCUT2D eigenvalue weighted by Gasteiger charge is -2.38. The van der Waals surface area contributed by atoms with Gasteiger partial charge in [0, 0.05) is 18.0 Å². The predicted octanol–water partition coefficient (Wildman–Crippen LogP) is 3.44. The Hall–Kier alpha value is -1.82. The third-order valence-corrected chi connectivity index (χ3v) is 5.96. The van der Waals surface area contributed by atoms with Crippen LogP contribution >= 0.6 is 0 Å². The smallest absolute Gasteiger partial charge is 0.223 e. The van der Waals surface area contributed by atoms with Gasteiger partial charge < -0.3 is 19.9 Å². The summed E-state index contributed by atoms with van der Waals surface area (Å²) in [7, 11) is 1.52. The normalized spacial score (nSPS) is 28.2. The fourth-order valence-corrected chi connectivity index (χ4v) is 4.06. The van der Waals surface area contributed by atoms with Crippen LogP contribution in [-0.4, -0.2) is 35.9 Å². The summed E-state index contributed by atoms with van der Waals surface area (Å²) in [4.78, 5) is 12.4. The van der Waals surface area contributed by atoms with Gasteiger partial charge >= 0.3 is 0 Å². The van der Waals surface area contributed by atoms with E-state index in [4.69, 9.17) is 9.47 Å². The SMILES string of the molecule is COc1ccc(F)cc1O[C@H]1C[C@H](C(=O)NC2CCC(C(C)(C)O)CC2)C1. The van der Waals surface area contributed by atoms with Crippen molar-refractivity contribution in [2.45, 2.75) is 70.1 Å². The largest absolute Gasteiger partial charge is 0.493 e. The Bertz CT molecular complexity index is 659. The highest BCUT2D eigenvalue weighted by Crippen LogP contribution is 2.37. The number of hydrogen-bond acceptors (Lipinski definition) is 4. The zero-order chi connectivity index (χ0) is 19.6. The van der Waals surface area contributed by atoms with Crippen LogP contribution in [0.25, 0.3) is 0 Å². The van der Waals surface area contributed by atoms with E-state index in [1.165, 1.54) is 25.3 Å². The molecule has 6 heteroatoms. The Balaban J connectivity index is 1.42. The summed E-state index contributed by atoms with van der Waals surface area (Å²) in [5.74, 6) is 0.822. The van der Waals surface area contributed by atoms with E-state index in [-0.39, 0.29) is 29.8 Å². The van der Waals surface area contributed by atoms with E-state index in [2.05, 4.69) is 5.32 Å². The maximum absolute atomic E-state index is 13.4. The van der Waals surface area contributed by atoms with Gasteiger partial charge in [-0.05, 0) is 70.4 Å². The van der Waals surface area contributed by atoms with Gasteiger partial charge in [0.05, 0.1) is 12.7 Å². The first-order valence-corrected chi connectivity index (χ1v) is 9.79. The van der Waals surface area contributed by atoms with Crippen molar-refractivity contribution < 1.29 is 23.8 Å². The molecule has 0 saturated heterocycles. The molecule has 0 atom stereocenters. The molecule has 3 rings (SSSR count). The van der Waals surface area contributed by atoms with Gasteiger partial charge in [-0.15, -0.1) is 0 Å². The van der Waals surface area contributed by atoms with E-state index in [0.29, 0.717) is 30.3 Å². The highest BCUT2D eigenvalue weighted by atomic mass is 19.1. The molecule has 2 aliphatic carbocycles. The third-order valence-electron chi connectivity index (χ3n) is 5.96. The second-order valence-corrected chi connectivity index (χ2v) is 8.41. The van der Waals surface area contributed by atoms with Crippen molar-refractivity contribution in [1.29, 1.82) is 0 Å². The quantitative estimate of drug-likeness (QED) is 0.795. The van der Waals surface area contributed by atoms with Crippen LogP contribution in [0, 0.1) is 17.7 Å².